The maximum Gasteiger partial charge on any atom is 0.157 e. The van der Waals surface area contributed by atoms with Crippen molar-refractivity contribution in [1.29, 1.82) is 0 Å². The van der Waals surface area contributed by atoms with Gasteiger partial charge in [0.2, 0.25) is 0 Å². The zero-order chi connectivity index (χ0) is 13.8. The third kappa shape index (κ3) is 3.07. The van der Waals surface area contributed by atoms with E-state index in [1.54, 1.807) is 6.07 Å². The average Bonchev–Trinajstić information content (AvgIpc) is 2.42. The predicted octanol–water partition coefficient (Wildman–Crippen LogP) is 2.04. The van der Waals surface area contributed by atoms with Gasteiger partial charge >= 0.3 is 0 Å². The van der Waals surface area contributed by atoms with E-state index >= 15 is 0 Å². The lowest BCUT2D eigenvalue weighted by molar-refractivity contribution is 0.138. The fourth-order valence-corrected chi connectivity index (χ4v) is 2.18. The highest BCUT2D eigenvalue weighted by molar-refractivity contribution is 6.31. The SMILES string of the molecule is NCC(c1ccc(F)cc1Cl)C(O)c1ncccn1. The molecule has 0 saturated carbocycles. The first-order chi connectivity index (χ1) is 9.13. The van der Waals surface area contributed by atoms with E-state index in [1.165, 1.54) is 30.6 Å². The van der Waals surface area contributed by atoms with Gasteiger partial charge < -0.3 is 10.8 Å². The molecule has 1 heterocycles. The molecule has 0 saturated heterocycles. The molecule has 0 aliphatic carbocycles. The molecule has 0 bridgehead atoms. The summed E-state index contributed by atoms with van der Waals surface area (Å²) in [7, 11) is 0. The topological polar surface area (TPSA) is 72.0 Å². The highest BCUT2D eigenvalue weighted by Gasteiger charge is 2.25. The van der Waals surface area contributed by atoms with E-state index < -0.39 is 17.8 Å². The molecule has 0 spiro atoms. The van der Waals surface area contributed by atoms with Crippen LogP contribution in [0.1, 0.15) is 23.4 Å². The Bertz CT molecular complexity index is 553. The van der Waals surface area contributed by atoms with Crippen LogP contribution in [-0.4, -0.2) is 21.6 Å². The van der Waals surface area contributed by atoms with Gasteiger partial charge in [-0.1, -0.05) is 17.7 Å². The average molecular weight is 282 g/mol. The summed E-state index contributed by atoms with van der Waals surface area (Å²) in [5.74, 6) is -0.663. The Kier molecular flexibility index (Phi) is 4.42. The zero-order valence-electron chi connectivity index (χ0n) is 10.0. The fraction of sp³-hybridized carbons (Fsp3) is 0.231. The van der Waals surface area contributed by atoms with Gasteiger partial charge in [0.1, 0.15) is 11.9 Å². The number of rotatable bonds is 4. The molecule has 4 nitrogen and oxygen atoms in total. The van der Waals surface area contributed by atoms with Crippen LogP contribution >= 0.6 is 11.6 Å². The Morgan fingerprint density at radius 1 is 1.32 bits per heavy atom. The van der Waals surface area contributed by atoms with E-state index in [1.807, 2.05) is 0 Å². The minimum atomic E-state index is -0.992. The predicted molar refractivity (Wildman–Crippen MR) is 70.2 cm³/mol. The second-order valence-electron chi connectivity index (χ2n) is 4.06. The molecule has 2 unspecified atom stereocenters. The minimum Gasteiger partial charge on any atom is -0.384 e. The highest BCUT2D eigenvalue weighted by Crippen LogP contribution is 2.33. The Morgan fingerprint density at radius 3 is 2.58 bits per heavy atom. The van der Waals surface area contributed by atoms with Crippen molar-refractivity contribution in [2.75, 3.05) is 6.54 Å². The van der Waals surface area contributed by atoms with Gasteiger partial charge in [0.15, 0.2) is 5.82 Å². The normalized spacial score (nSPS) is 14.1. The van der Waals surface area contributed by atoms with Crippen LogP contribution in [0.15, 0.2) is 36.7 Å². The Morgan fingerprint density at radius 2 is 2.00 bits per heavy atom. The van der Waals surface area contributed by atoms with E-state index in [0.29, 0.717) is 5.56 Å². The maximum atomic E-state index is 13.0. The summed E-state index contributed by atoms with van der Waals surface area (Å²) in [6.07, 6.45) is 2.07. The minimum absolute atomic E-state index is 0.144. The number of halogens is 2. The molecule has 0 radical (unpaired) electrons. The Hall–Kier alpha value is -1.56. The van der Waals surface area contributed by atoms with Crippen LogP contribution in [-0.2, 0) is 0 Å². The largest absolute Gasteiger partial charge is 0.384 e. The van der Waals surface area contributed by atoms with Gasteiger partial charge in [0.05, 0.1) is 0 Å². The zero-order valence-corrected chi connectivity index (χ0v) is 10.8. The van der Waals surface area contributed by atoms with Gasteiger partial charge in [-0.2, -0.15) is 0 Å². The fourth-order valence-electron chi connectivity index (χ4n) is 1.87. The van der Waals surface area contributed by atoms with Crippen LogP contribution in [0, 0.1) is 5.82 Å². The van der Waals surface area contributed by atoms with Crippen molar-refractivity contribution in [2.24, 2.45) is 5.73 Å². The Labute approximate surface area is 115 Å². The lowest BCUT2D eigenvalue weighted by atomic mass is 9.92. The summed E-state index contributed by atoms with van der Waals surface area (Å²) in [6.45, 7) is 0.144. The maximum absolute atomic E-state index is 13.0. The number of benzene rings is 1. The smallest absolute Gasteiger partial charge is 0.157 e. The standard InChI is InChI=1S/C13H13ClFN3O/c14-11-6-8(15)2-3-9(11)10(7-16)12(19)13-17-4-1-5-18-13/h1-6,10,12,19H,7,16H2. The van der Waals surface area contributed by atoms with E-state index in [4.69, 9.17) is 17.3 Å². The first kappa shape index (κ1) is 13.9. The summed E-state index contributed by atoms with van der Waals surface area (Å²) in [5, 5.41) is 10.5. The summed E-state index contributed by atoms with van der Waals surface area (Å²) in [5.41, 5.74) is 6.26. The van der Waals surface area contributed by atoms with Crippen LogP contribution < -0.4 is 5.73 Å². The van der Waals surface area contributed by atoms with E-state index in [2.05, 4.69) is 9.97 Å². The number of nitrogens with zero attached hydrogens (tertiary/aromatic N) is 2. The number of nitrogens with two attached hydrogens (primary N) is 1. The van der Waals surface area contributed by atoms with Gasteiger partial charge in [-0.15, -0.1) is 0 Å². The third-order valence-corrected chi connectivity index (χ3v) is 3.17. The highest BCUT2D eigenvalue weighted by atomic mass is 35.5. The van der Waals surface area contributed by atoms with Crippen molar-refractivity contribution in [1.82, 2.24) is 9.97 Å². The van der Waals surface area contributed by atoms with Crippen molar-refractivity contribution >= 4 is 11.6 Å². The Balaban J connectivity index is 2.34. The molecule has 2 atom stereocenters. The van der Waals surface area contributed by atoms with Crippen LogP contribution in [0.3, 0.4) is 0 Å². The molecule has 19 heavy (non-hydrogen) atoms. The number of hydrogen-bond acceptors (Lipinski definition) is 4. The summed E-state index contributed by atoms with van der Waals surface area (Å²) >= 11 is 5.99. The molecule has 0 aliphatic rings. The van der Waals surface area contributed by atoms with E-state index in [0.717, 1.165) is 0 Å². The van der Waals surface area contributed by atoms with Gasteiger partial charge in [0, 0.05) is 29.9 Å². The second-order valence-corrected chi connectivity index (χ2v) is 4.47. The van der Waals surface area contributed by atoms with Gasteiger partial charge in [-0.25, -0.2) is 14.4 Å². The molecular weight excluding hydrogens is 269 g/mol. The summed E-state index contributed by atoms with van der Waals surface area (Å²) in [6, 6.07) is 5.64. The number of aliphatic hydroxyl groups excluding tert-OH is 1. The molecule has 100 valence electrons. The second kappa shape index (κ2) is 6.06. The quantitative estimate of drug-likeness (QED) is 0.900. The van der Waals surface area contributed by atoms with Crippen molar-refractivity contribution in [3.05, 3.63) is 58.9 Å². The number of hydrogen-bond donors (Lipinski definition) is 2. The first-order valence-electron chi connectivity index (χ1n) is 5.73. The molecule has 6 heteroatoms. The molecule has 0 aliphatic heterocycles. The molecule has 1 aromatic carbocycles. The van der Waals surface area contributed by atoms with Crippen molar-refractivity contribution in [3.63, 3.8) is 0 Å². The van der Waals surface area contributed by atoms with Gasteiger partial charge in [-0.3, -0.25) is 0 Å². The number of aliphatic hydroxyl groups is 1. The molecule has 0 amide bonds. The monoisotopic (exact) mass is 281 g/mol. The number of aromatic nitrogens is 2. The molecule has 3 N–H and O–H groups in total. The summed E-state index contributed by atoms with van der Waals surface area (Å²) < 4.78 is 13.0. The molecule has 2 aromatic rings. The lowest BCUT2D eigenvalue weighted by Crippen LogP contribution is -2.22. The molecular formula is C13H13ClFN3O. The van der Waals surface area contributed by atoms with Crippen LogP contribution in [0.5, 0.6) is 0 Å². The third-order valence-electron chi connectivity index (χ3n) is 2.85. The lowest BCUT2D eigenvalue weighted by Gasteiger charge is -2.21. The van der Waals surface area contributed by atoms with Crippen molar-refractivity contribution < 1.29 is 9.50 Å². The van der Waals surface area contributed by atoms with E-state index in [9.17, 15) is 9.50 Å². The van der Waals surface area contributed by atoms with Crippen LogP contribution in [0.25, 0.3) is 0 Å². The van der Waals surface area contributed by atoms with Crippen LogP contribution in [0.4, 0.5) is 4.39 Å². The van der Waals surface area contributed by atoms with Crippen molar-refractivity contribution in [3.8, 4) is 0 Å². The van der Waals surface area contributed by atoms with Gasteiger partial charge in [0.25, 0.3) is 0 Å². The summed E-state index contributed by atoms with van der Waals surface area (Å²) in [4.78, 5) is 7.97. The van der Waals surface area contributed by atoms with Gasteiger partial charge in [-0.05, 0) is 23.8 Å². The molecule has 2 rings (SSSR count). The molecule has 1 aromatic heterocycles. The first-order valence-corrected chi connectivity index (χ1v) is 6.11. The van der Waals surface area contributed by atoms with Crippen LogP contribution in [0.2, 0.25) is 5.02 Å². The van der Waals surface area contributed by atoms with E-state index in [-0.39, 0.29) is 17.4 Å². The molecule has 0 fully saturated rings. The van der Waals surface area contributed by atoms with Crippen molar-refractivity contribution in [2.45, 2.75) is 12.0 Å².